The number of carboxylic acid groups (broad SMARTS) is 1. The molecule has 3 rings (SSSR count). The van der Waals surface area contributed by atoms with Crippen molar-refractivity contribution >= 4 is 11.7 Å². The smallest absolute Gasteiger partial charge is 0.337 e. The Balaban J connectivity index is 1.94. The summed E-state index contributed by atoms with van der Waals surface area (Å²) in [7, 11) is 0. The lowest BCUT2D eigenvalue weighted by atomic mass is 9.96. The summed E-state index contributed by atoms with van der Waals surface area (Å²) < 4.78 is 14.3. The molecule has 5 heteroatoms. The summed E-state index contributed by atoms with van der Waals surface area (Å²) in [5.41, 5.74) is 0.314. The largest absolute Gasteiger partial charge is 0.478 e. The second kappa shape index (κ2) is 5.64. The maximum Gasteiger partial charge on any atom is 0.337 e. The van der Waals surface area contributed by atoms with Gasteiger partial charge in [-0.2, -0.15) is 0 Å². The highest BCUT2D eigenvalue weighted by Crippen LogP contribution is 2.32. The molecule has 2 unspecified atom stereocenters. The molecule has 1 N–H and O–H groups in total. The number of aromatic carboxylic acids is 1. The van der Waals surface area contributed by atoms with E-state index in [0.717, 1.165) is 19.5 Å². The molecule has 2 aliphatic heterocycles. The highest BCUT2D eigenvalue weighted by atomic mass is 19.1. The molecule has 0 bridgehead atoms. The standard InChI is InChI=1S/C16H21FN2O2/c1-11-9-18-8-3-2-5-12(18)10-19(11)15-13(16(20)21)6-4-7-14(15)17/h4,6-7,11-12H,2-3,5,8-10H2,1H3,(H,20,21). The fourth-order valence-electron chi connectivity index (χ4n) is 3.64. The van der Waals surface area contributed by atoms with Gasteiger partial charge in [0, 0.05) is 25.2 Å². The summed E-state index contributed by atoms with van der Waals surface area (Å²) in [5.74, 6) is -1.51. The van der Waals surface area contributed by atoms with Crippen LogP contribution in [0, 0.1) is 5.82 Å². The molecule has 1 aromatic rings. The minimum absolute atomic E-state index is 0.0612. The summed E-state index contributed by atoms with van der Waals surface area (Å²) >= 11 is 0. The van der Waals surface area contributed by atoms with Crippen molar-refractivity contribution < 1.29 is 14.3 Å². The third kappa shape index (κ3) is 2.62. The molecule has 114 valence electrons. The monoisotopic (exact) mass is 292 g/mol. The van der Waals surface area contributed by atoms with Crippen LogP contribution in [0.25, 0.3) is 0 Å². The van der Waals surface area contributed by atoms with E-state index < -0.39 is 11.8 Å². The Morgan fingerprint density at radius 1 is 1.33 bits per heavy atom. The van der Waals surface area contributed by atoms with Gasteiger partial charge in [-0.25, -0.2) is 9.18 Å². The molecule has 21 heavy (non-hydrogen) atoms. The third-order valence-electron chi connectivity index (χ3n) is 4.69. The minimum Gasteiger partial charge on any atom is -0.478 e. The predicted octanol–water partition coefficient (Wildman–Crippen LogP) is 2.59. The van der Waals surface area contributed by atoms with Gasteiger partial charge in [-0.15, -0.1) is 0 Å². The number of fused-ring (bicyclic) bond motifs is 1. The number of benzene rings is 1. The Hall–Kier alpha value is -1.62. The molecule has 0 saturated carbocycles. The van der Waals surface area contributed by atoms with E-state index in [1.54, 1.807) is 0 Å². The van der Waals surface area contributed by atoms with E-state index in [1.165, 1.54) is 31.0 Å². The number of nitrogens with zero attached hydrogens (tertiary/aromatic N) is 2. The lowest BCUT2D eigenvalue weighted by Gasteiger charge is -2.48. The molecule has 0 amide bonds. The van der Waals surface area contributed by atoms with E-state index in [2.05, 4.69) is 4.90 Å². The Kier molecular flexibility index (Phi) is 3.85. The fourth-order valence-corrected chi connectivity index (χ4v) is 3.64. The number of hydrogen-bond acceptors (Lipinski definition) is 3. The quantitative estimate of drug-likeness (QED) is 0.910. The van der Waals surface area contributed by atoms with Gasteiger partial charge in [-0.3, -0.25) is 4.90 Å². The van der Waals surface area contributed by atoms with Crippen LogP contribution in [0.3, 0.4) is 0 Å². The zero-order chi connectivity index (χ0) is 15.0. The number of rotatable bonds is 2. The third-order valence-corrected chi connectivity index (χ3v) is 4.69. The minimum atomic E-state index is -1.07. The molecule has 2 saturated heterocycles. The zero-order valence-electron chi connectivity index (χ0n) is 12.3. The number of halogens is 1. The lowest BCUT2D eigenvalue weighted by Crippen LogP contribution is -2.59. The van der Waals surface area contributed by atoms with Crippen molar-refractivity contribution in [1.82, 2.24) is 4.90 Å². The van der Waals surface area contributed by atoms with Crippen LogP contribution < -0.4 is 4.90 Å². The van der Waals surface area contributed by atoms with Gasteiger partial charge in [0.15, 0.2) is 0 Å². The topological polar surface area (TPSA) is 43.8 Å². The average molecular weight is 292 g/mol. The summed E-state index contributed by atoms with van der Waals surface area (Å²) in [6.07, 6.45) is 3.54. The van der Waals surface area contributed by atoms with Gasteiger partial charge in [0.05, 0.1) is 11.3 Å². The molecule has 4 nitrogen and oxygen atoms in total. The number of piperidine rings is 1. The molecular weight excluding hydrogens is 271 g/mol. The number of piperazine rings is 1. The SMILES string of the molecule is CC1CN2CCCCC2CN1c1c(F)cccc1C(=O)O. The van der Waals surface area contributed by atoms with Crippen molar-refractivity contribution in [2.75, 3.05) is 24.5 Å². The van der Waals surface area contributed by atoms with Gasteiger partial charge in [-0.05, 0) is 38.4 Å². The first-order chi connectivity index (χ1) is 10.1. The molecule has 0 radical (unpaired) electrons. The Morgan fingerprint density at radius 3 is 2.90 bits per heavy atom. The summed E-state index contributed by atoms with van der Waals surface area (Å²) in [6.45, 7) is 4.73. The van der Waals surface area contributed by atoms with Gasteiger partial charge < -0.3 is 10.0 Å². The Bertz CT molecular complexity index is 549. The van der Waals surface area contributed by atoms with Crippen molar-refractivity contribution in [2.45, 2.75) is 38.3 Å². The van der Waals surface area contributed by atoms with Gasteiger partial charge in [0.1, 0.15) is 5.82 Å². The van der Waals surface area contributed by atoms with Crippen LogP contribution in [0.15, 0.2) is 18.2 Å². The van der Waals surface area contributed by atoms with Crippen LogP contribution in [0.2, 0.25) is 0 Å². The number of carboxylic acids is 1. The molecule has 0 aliphatic carbocycles. The van der Waals surface area contributed by atoms with Gasteiger partial charge in [0.25, 0.3) is 0 Å². The number of para-hydroxylation sites is 1. The van der Waals surface area contributed by atoms with Crippen molar-refractivity contribution in [3.05, 3.63) is 29.6 Å². The molecule has 2 aliphatic rings. The summed E-state index contributed by atoms with van der Waals surface area (Å²) in [5, 5.41) is 9.34. The number of anilines is 1. The Morgan fingerprint density at radius 2 is 2.14 bits per heavy atom. The number of carbonyl (C=O) groups is 1. The van der Waals surface area contributed by atoms with Crippen LogP contribution in [0.4, 0.5) is 10.1 Å². The van der Waals surface area contributed by atoms with Gasteiger partial charge in [-0.1, -0.05) is 12.5 Å². The molecule has 2 heterocycles. The highest BCUT2D eigenvalue weighted by molar-refractivity contribution is 5.94. The van der Waals surface area contributed by atoms with Crippen molar-refractivity contribution in [3.8, 4) is 0 Å². The van der Waals surface area contributed by atoms with Crippen LogP contribution in [-0.4, -0.2) is 47.7 Å². The molecular formula is C16H21FN2O2. The normalized spacial score (nSPS) is 26.5. The first kappa shape index (κ1) is 14.3. The fraction of sp³-hybridized carbons (Fsp3) is 0.562. The van der Waals surface area contributed by atoms with Crippen LogP contribution in [-0.2, 0) is 0 Å². The average Bonchev–Trinajstić information content (AvgIpc) is 2.46. The first-order valence-corrected chi connectivity index (χ1v) is 7.60. The Labute approximate surface area is 124 Å². The van der Waals surface area contributed by atoms with Crippen LogP contribution >= 0.6 is 0 Å². The molecule has 2 atom stereocenters. The highest BCUT2D eigenvalue weighted by Gasteiger charge is 2.35. The van der Waals surface area contributed by atoms with Gasteiger partial charge >= 0.3 is 5.97 Å². The van der Waals surface area contributed by atoms with Crippen molar-refractivity contribution in [2.24, 2.45) is 0 Å². The maximum atomic E-state index is 14.3. The zero-order valence-corrected chi connectivity index (χ0v) is 12.3. The van der Waals surface area contributed by atoms with E-state index >= 15 is 0 Å². The predicted molar refractivity (Wildman–Crippen MR) is 79.4 cm³/mol. The molecule has 1 aromatic carbocycles. The maximum absolute atomic E-state index is 14.3. The van der Waals surface area contributed by atoms with E-state index in [-0.39, 0.29) is 17.3 Å². The molecule has 2 fully saturated rings. The van der Waals surface area contributed by atoms with E-state index in [9.17, 15) is 14.3 Å². The van der Waals surface area contributed by atoms with E-state index in [4.69, 9.17) is 0 Å². The van der Waals surface area contributed by atoms with Crippen molar-refractivity contribution in [3.63, 3.8) is 0 Å². The van der Waals surface area contributed by atoms with E-state index in [0.29, 0.717) is 12.6 Å². The molecule has 0 aromatic heterocycles. The van der Waals surface area contributed by atoms with Gasteiger partial charge in [0.2, 0.25) is 0 Å². The summed E-state index contributed by atoms with van der Waals surface area (Å²) in [6, 6.07) is 4.83. The summed E-state index contributed by atoms with van der Waals surface area (Å²) in [4.78, 5) is 15.8. The first-order valence-electron chi connectivity index (χ1n) is 7.60. The number of hydrogen-bond donors (Lipinski definition) is 1. The second-order valence-electron chi connectivity index (χ2n) is 6.09. The molecule has 0 spiro atoms. The lowest BCUT2D eigenvalue weighted by molar-refractivity contribution is 0.0695. The van der Waals surface area contributed by atoms with Crippen LogP contribution in [0.5, 0.6) is 0 Å². The van der Waals surface area contributed by atoms with Crippen molar-refractivity contribution in [1.29, 1.82) is 0 Å². The second-order valence-corrected chi connectivity index (χ2v) is 6.09. The van der Waals surface area contributed by atoms with Crippen LogP contribution in [0.1, 0.15) is 36.5 Å². The van der Waals surface area contributed by atoms with E-state index in [1.807, 2.05) is 11.8 Å².